The third-order valence-corrected chi connectivity index (χ3v) is 2.56. The van der Waals surface area contributed by atoms with Crippen LogP contribution in [0.4, 0.5) is 5.69 Å². The van der Waals surface area contributed by atoms with Crippen LogP contribution in [0, 0.1) is 0 Å². The lowest BCUT2D eigenvalue weighted by molar-refractivity contribution is -0.121. The number of nitrogens with one attached hydrogen (secondary N) is 2. The van der Waals surface area contributed by atoms with Crippen LogP contribution in [0.1, 0.15) is 24.2 Å². The second-order valence-electron chi connectivity index (χ2n) is 3.76. The first kappa shape index (κ1) is 14.3. The van der Waals surface area contributed by atoms with Gasteiger partial charge < -0.3 is 15.7 Å². The van der Waals surface area contributed by atoms with Crippen molar-refractivity contribution >= 4 is 29.2 Å². The Balaban J connectivity index is 2.90. The number of hydrogen-bond acceptors (Lipinski definition) is 3. The number of anilines is 1. The molecule has 5 nitrogen and oxygen atoms in total. The molecule has 0 heterocycles. The van der Waals surface area contributed by atoms with Crippen LogP contribution >= 0.6 is 11.6 Å². The first-order valence-electron chi connectivity index (χ1n) is 5.52. The average molecular weight is 271 g/mol. The molecule has 0 fully saturated rings. The van der Waals surface area contributed by atoms with Crippen molar-refractivity contribution in [3.05, 3.63) is 28.8 Å². The van der Waals surface area contributed by atoms with E-state index < -0.39 is 12.0 Å². The van der Waals surface area contributed by atoms with Crippen molar-refractivity contribution in [1.82, 2.24) is 5.32 Å². The average Bonchev–Trinajstić information content (AvgIpc) is 2.31. The summed E-state index contributed by atoms with van der Waals surface area (Å²) in [6, 6.07) is 3.93. The quantitative estimate of drug-likeness (QED) is 0.764. The number of carbonyl (C=O) groups is 2. The van der Waals surface area contributed by atoms with E-state index in [0.717, 1.165) is 0 Å². The number of likely N-dealkylation sites (N-methyl/N-ethyl adjacent to an activating group) is 1. The van der Waals surface area contributed by atoms with Crippen LogP contribution in [0.2, 0.25) is 5.02 Å². The minimum atomic E-state index is -1.09. The summed E-state index contributed by atoms with van der Waals surface area (Å²) in [5.41, 5.74) is 0.407. The molecule has 6 heteroatoms. The third kappa shape index (κ3) is 3.63. The minimum absolute atomic E-state index is 0.0404. The van der Waals surface area contributed by atoms with Gasteiger partial charge >= 0.3 is 5.97 Å². The summed E-state index contributed by atoms with van der Waals surface area (Å²) in [6.07, 6.45) is 0. The number of amides is 1. The predicted molar refractivity (Wildman–Crippen MR) is 70.2 cm³/mol. The molecule has 0 aliphatic heterocycles. The molecule has 1 unspecified atom stereocenters. The Morgan fingerprint density at radius 3 is 2.67 bits per heavy atom. The Morgan fingerprint density at radius 2 is 2.11 bits per heavy atom. The zero-order valence-corrected chi connectivity index (χ0v) is 10.9. The van der Waals surface area contributed by atoms with Crippen molar-refractivity contribution in [2.24, 2.45) is 0 Å². The van der Waals surface area contributed by atoms with Gasteiger partial charge in [0.2, 0.25) is 5.91 Å². The largest absolute Gasteiger partial charge is 0.478 e. The Morgan fingerprint density at radius 1 is 1.44 bits per heavy atom. The fraction of sp³-hybridized carbons (Fsp3) is 0.333. The van der Waals surface area contributed by atoms with Gasteiger partial charge in [-0.15, -0.1) is 0 Å². The summed E-state index contributed by atoms with van der Waals surface area (Å²) in [5.74, 6) is -1.29. The normalized spacial score (nSPS) is 11.7. The molecule has 0 radical (unpaired) electrons. The highest BCUT2D eigenvalue weighted by molar-refractivity contribution is 6.31. The first-order chi connectivity index (χ1) is 8.45. The first-order valence-corrected chi connectivity index (χ1v) is 5.90. The lowest BCUT2D eigenvalue weighted by atomic mass is 10.1. The lowest BCUT2D eigenvalue weighted by Gasteiger charge is -2.16. The zero-order chi connectivity index (χ0) is 13.7. The molecular formula is C12H15ClN2O3. The van der Waals surface area contributed by atoms with Gasteiger partial charge in [-0.3, -0.25) is 4.79 Å². The Kier molecular flexibility index (Phi) is 4.97. The fourth-order valence-electron chi connectivity index (χ4n) is 1.45. The highest BCUT2D eigenvalue weighted by Gasteiger charge is 2.16. The summed E-state index contributed by atoms with van der Waals surface area (Å²) in [5, 5.41) is 14.9. The van der Waals surface area contributed by atoms with E-state index in [1.165, 1.54) is 6.07 Å². The molecule has 0 spiro atoms. The SMILES string of the molecule is CCNC(=O)C(C)Nc1ccc(Cl)cc1C(=O)O. The Hall–Kier alpha value is -1.75. The number of rotatable bonds is 5. The van der Waals surface area contributed by atoms with Gasteiger partial charge in [-0.05, 0) is 32.0 Å². The number of carboxylic acids is 1. The van der Waals surface area contributed by atoms with E-state index in [1.54, 1.807) is 19.1 Å². The monoisotopic (exact) mass is 270 g/mol. The van der Waals surface area contributed by atoms with E-state index in [4.69, 9.17) is 16.7 Å². The van der Waals surface area contributed by atoms with E-state index in [1.807, 2.05) is 6.92 Å². The van der Waals surface area contributed by atoms with Gasteiger partial charge in [-0.25, -0.2) is 4.79 Å². The van der Waals surface area contributed by atoms with Gasteiger partial charge in [0.05, 0.1) is 5.56 Å². The van der Waals surface area contributed by atoms with E-state index in [9.17, 15) is 9.59 Å². The van der Waals surface area contributed by atoms with Gasteiger partial charge in [0, 0.05) is 17.3 Å². The molecule has 0 saturated carbocycles. The zero-order valence-electron chi connectivity index (χ0n) is 10.2. The molecule has 18 heavy (non-hydrogen) atoms. The smallest absolute Gasteiger partial charge is 0.337 e. The van der Waals surface area contributed by atoms with Crippen molar-refractivity contribution < 1.29 is 14.7 Å². The highest BCUT2D eigenvalue weighted by Crippen LogP contribution is 2.21. The van der Waals surface area contributed by atoms with Crippen molar-refractivity contribution in [2.75, 3.05) is 11.9 Å². The number of hydrogen-bond donors (Lipinski definition) is 3. The predicted octanol–water partition coefficient (Wildman–Crippen LogP) is 1.97. The van der Waals surface area contributed by atoms with Crippen molar-refractivity contribution in [2.45, 2.75) is 19.9 Å². The van der Waals surface area contributed by atoms with Crippen molar-refractivity contribution in [3.63, 3.8) is 0 Å². The fourth-order valence-corrected chi connectivity index (χ4v) is 1.62. The lowest BCUT2D eigenvalue weighted by Crippen LogP contribution is -2.37. The maximum atomic E-state index is 11.5. The second-order valence-corrected chi connectivity index (χ2v) is 4.19. The molecule has 98 valence electrons. The van der Waals surface area contributed by atoms with Gasteiger partial charge in [-0.2, -0.15) is 0 Å². The van der Waals surface area contributed by atoms with Crippen LogP contribution in [-0.4, -0.2) is 29.6 Å². The standard InChI is InChI=1S/C12H15ClN2O3/c1-3-14-11(16)7(2)15-10-5-4-8(13)6-9(10)12(17)18/h4-7,15H,3H2,1-2H3,(H,14,16)(H,17,18). The molecule has 1 aromatic rings. The molecule has 1 atom stereocenters. The Bertz CT molecular complexity index is 463. The van der Waals surface area contributed by atoms with E-state index >= 15 is 0 Å². The van der Waals surface area contributed by atoms with Gasteiger partial charge in [0.15, 0.2) is 0 Å². The van der Waals surface area contributed by atoms with Crippen LogP contribution in [0.15, 0.2) is 18.2 Å². The molecule has 0 bridgehead atoms. The molecular weight excluding hydrogens is 256 g/mol. The molecule has 0 aromatic heterocycles. The van der Waals surface area contributed by atoms with Crippen LogP contribution in [0.5, 0.6) is 0 Å². The van der Waals surface area contributed by atoms with Crippen molar-refractivity contribution in [1.29, 1.82) is 0 Å². The molecule has 1 rings (SSSR count). The number of benzene rings is 1. The molecule has 0 aliphatic carbocycles. The molecule has 1 aromatic carbocycles. The van der Waals surface area contributed by atoms with Gasteiger partial charge in [0.1, 0.15) is 6.04 Å². The maximum Gasteiger partial charge on any atom is 0.337 e. The van der Waals surface area contributed by atoms with E-state index in [-0.39, 0.29) is 11.5 Å². The summed E-state index contributed by atoms with van der Waals surface area (Å²) in [6.45, 7) is 4.00. The Labute approximate surface area is 110 Å². The number of carbonyl (C=O) groups excluding carboxylic acids is 1. The third-order valence-electron chi connectivity index (χ3n) is 2.33. The van der Waals surface area contributed by atoms with Crippen LogP contribution in [0.25, 0.3) is 0 Å². The van der Waals surface area contributed by atoms with Gasteiger partial charge in [-0.1, -0.05) is 11.6 Å². The number of halogens is 1. The van der Waals surface area contributed by atoms with E-state index in [0.29, 0.717) is 17.3 Å². The molecule has 0 saturated heterocycles. The topological polar surface area (TPSA) is 78.4 Å². The van der Waals surface area contributed by atoms with Crippen LogP contribution in [-0.2, 0) is 4.79 Å². The minimum Gasteiger partial charge on any atom is -0.478 e. The van der Waals surface area contributed by atoms with E-state index in [2.05, 4.69) is 10.6 Å². The van der Waals surface area contributed by atoms with Gasteiger partial charge in [0.25, 0.3) is 0 Å². The van der Waals surface area contributed by atoms with Crippen LogP contribution < -0.4 is 10.6 Å². The number of carboxylic acid groups (broad SMARTS) is 1. The maximum absolute atomic E-state index is 11.5. The second kappa shape index (κ2) is 6.26. The summed E-state index contributed by atoms with van der Waals surface area (Å²) in [4.78, 5) is 22.6. The van der Waals surface area contributed by atoms with Crippen LogP contribution in [0.3, 0.4) is 0 Å². The molecule has 3 N–H and O–H groups in total. The summed E-state index contributed by atoms with van der Waals surface area (Å²) in [7, 11) is 0. The summed E-state index contributed by atoms with van der Waals surface area (Å²) >= 11 is 5.74. The molecule has 0 aliphatic rings. The number of aromatic carboxylic acids is 1. The summed E-state index contributed by atoms with van der Waals surface area (Å²) < 4.78 is 0. The molecule has 1 amide bonds. The highest BCUT2D eigenvalue weighted by atomic mass is 35.5. The van der Waals surface area contributed by atoms with Crippen molar-refractivity contribution in [3.8, 4) is 0 Å².